The van der Waals surface area contributed by atoms with Crippen LogP contribution < -0.4 is 5.32 Å². The third-order valence-electron chi connectivity index (χ3n) is 6.42. The van der Waals surface area contributed by atoms with Crippen LogP contribution >= 0.6 is 0 Å². The zero-order valence-electron chi connectivity index (χ0n) is 20.8. The number of allylic oxidation sites excluding steroid dienone is 3. The normalized spacial score (nSPS) is 17.6. The van der Waals surface area contributed by atoms with Gasteiger partial charge in [-0.3, -0.25) is 15.0 Å². The van der Waals surface area contributed by atoms with Crippen molar-refractivity contribution in [3.8, 4) is 11.3 Å². The number of aromatic amines is 1. The van der Waals surface area contributed by atoms with E-state index >= 15 is 4.39 Å². The van der Waals surface area contributed by atoms with Crippen LogP contribution in [0.3, 0.4) is 0 Å². The van der Waals surface area contributed by atoms with Crippen molar-refractivity contribution < 1.29 is 4.39 Å². The molecule has 4 aromatic heterocycles. The summed E-state index contributed by atoms with van der Waals surface area (Å²) in [5.74, 6) is 0.251. The van der Waals surface area contributed by atoms with E-state index in [-0.39, 0.29) is 5.82 Å². The Bertz CT molecular complexity index is 1520. The van der Waals surface area contributed by atoms with Crippen molar-refractivity contribution in [2.24, 2.45) is 0 Å². The second-order valence-electron chi connectivity index (χ2n) is 9.24. The predicted molar refractivity (Wildman–Crippen MR) is 142 cm³/mol. The maximum atomic E-state index is 16.1. The molecule has 0 aliphatic carbocycles. The van der Waals surface area contributed by atoms with Gasteiger partial charge in [-0.25, -0.2) is 9.37 Å². The minimum atomic E-state index is -0.848. The van der Waals surface area contributed by atoms with Crippen molar-refractivity contribution in [3.05, 3.63) is 96.3 Å². The molecule has 0 spiro atoms. The largest absolute Gasteiger partial charge is 0.367 e. The lowest BCUT2D eigenvalue weighted by Crippen LogP contribution is -2.45. The fourth-order valence-electron chi connectivity index (χ4n) is 4.63. The van der Waals surface area contributed by atoms with Crippen LogP contribution in [0.4, 0.5) is 10.1 Å². The van der Waals surface area contributed by atoms with E-state index in [0.29, 0.717) is 34.9 Å². The SMILES string of the molecule is C=C/C(=C\C(=C/C)c1ncc2c(c1F)C(C)(c1nc3c(-c4ccncc4)nccc3[nH]1)N2)CN(C)C. The first-order chi connectivity index (χ1) is 17.4. The smallest absolute Gasteiger partial charge is 0.157 e. The highest BCUT2D eigenvalue weighted by molar-refractivity contribution is 5.90. The Morgan fingerprint density at radius 3 is 2.64 bits per heavy atom. The van der Waals surface area contributed by atoms with Gasteiger partial charge in [-0.1, -0.05) is 18.7 Å². The Kier molecular flexibility index (Phi) is 5.97. The molecule has 36 heavy (non-hydrogen) atoms. The van der Waals surface area contributed by atoms with Crippen molar-refractivity contribution in [1.82, 2.24) is 29.8 Å². The molecule has 182 valence electrons. The topological polar surface area (TPSA) is 82.6 Å². The third-order valence-corrected chi connectivity index (χ3v) is 6.42. The predicted octanol–water partition coefficient (Wildman–Crippen LogP) is 5.32. The molecule has 2 N–H and O–H groups in total. The number of imidazole rings is 1. The molecule has 1 unspecified atom stereocenters. The van der Waals surface area contributed by atoms with E-state index in [9.17, 15) is 0 Å². The Morgan fingerprint density at radius 1 is 1.17 bits per heavy atom. The summed E-state index contributed by atoms with van der Waals surface area (Å²) in [7, 11) is 3.97. The molecular formula is C28H28FN7. The number of fused-ring (bicyclic) bond motifs is 2. The number of aromatic nitrogens is 5. The summed E-state index contributed by atoms with van der Waals surface area (Å²) in [5, 5.41) is 3.35. The summed E-state index contributed by atoms with van der Waals surface area (Å²) < 4.78 is 16.1. The van der Waals surface area contributed by atoms with Gasteiger partial charge in [0, 0.05) is 36.3 Å². The van der Waals surface area contributed by atoms with Gasteiger partial charge in [-0.05, 0) is 63.4 Å². The first-order valence-electron chi connectivity index (χ1n) is 11.7. The number of H-pyrrole nitrogens is 1. The molecule has 1 atom stereocenters. The molecule has 1 aliphatic rings. The van der Waals surface area contributed by atoms with Crippen LogP contribution in [0.1, 0.15) is 30.9 Å². The van der Waals surface area contributed by atoms with Gasteiger partial charge in [0.1, 0.15) is 22.6 Å². The molecular weight excluding hydrogens is 453 g/mol. The number of likely N-dealkylation sites (N-methyl/N-ethyl adjacent to an activating group) is 1. The van der Waals surface area contributed by atoms with E-state index in [2.05, 4.69) is 31.8 Å². The second kappa shape index (κ2) is 9.13. The van der Waals surface area contributed by atoms with Crippen molar-refractivity contribution in [2.75, 3.05) is 26.0 Å². The summed E-state index contributed by atoms with van der Waals surface area (Å²) in [4.78, 5) is 23.4. The maximum absolute atomic E-state index is 16.1. The van der Waals surface area contributed by atoms with Gasteiger partial charge in [0.05, 0.1) is 23.1 Å². The average Bonchev–Trinajstić information content (AvgIpc) is 3.31. The van der Waals surface area contributed by atoms with Crippen molar-refractivity contribution >= 4 is 22.3 Å². The van der Waals surface area contributed by atoms with E-state index in [4.69, 9.17) is 4.98 Å². The van der Waals surface area contributed by atoms with Crippen LogP contribution in [-0.4, -0.2) is 50.5 Å². The van der Waals surface area contributed by atoms with Crippen molar-refractivity contribution in [3.63, 3.8) is 0 Å². The molecule has 7 nitrogen and oxygen atoms in total. The number of pyridine rings is 3. The number of hydrogen-bond acceptors (Lipinski definition) is 6. The first kappa shape index (κ1) is 23.6. The number of hydrogen-bond donors (Lipinski definition) is 2. The standard InChI is InChI=1S/C28H28FN7/c1-6-17(16-36(4)5)14-18(7-2)24-23(29)22-21(15-32-24)35-28(22,3)27-33-20-10-13-31-25(26(20)34-27)19-8-11-30-12-9-19/h6-15,35H,1,16H2,2-5H3,(H,33,34)/b17-14+,18-7+. The average molecular weight is 482 g/mol. The van der Waals surface area contributed by atoms with Gasteiger partial charge >= 0.3 is 0 Å². The Balaban J connectivity index is 1.58. The summed E-state index contributed by atoms with van der Waals surface area (Å²) in [6.07, 6.45) is 12.5. The van der Waals surface area contributed by atoms with E-state index in [1.165, 1.54) is 0 Å². The number of nitrogens with zero attached hydrogens (tertiary/aromatic N) is 5. The molecule has 5 heterocycles. The van der Waals surface area contributed by atoms with Crippen LogP contribution in [0.15, 0.2) is 73.4 Å². The number of halogens is 1. The van der Waals surface area contributed by atoms with E-state index in [1.807, 2.05) is 63.2 Å². The van der Waals surface area contributed by atoms with Gasteiger partial charge in [-0.2, -0.15) is 0 Å². The fraction of sp³-hybridized carbons (Fsp3) is 0.214. The monoisotopic (exact) mass is 481 g/mol. The Hall–Kier alpha value is -4.17. The molecule has 0 radical (unpaired) electrons. The highest BCUT2D eigenvalue weighted by Crippen LogP contribution is 2.47. The van der Waals surface area contributed by atoms with Gasteiger partial charge in [-0.15, -0.1) is 0 Å². The lowest BCUT2D eigenvalue weighted by molar-refractivity contribution is 0.449. The maximum Gasteiger partial charge on any atom is 0.157 e. The number of nitrogens with one attached hydrogen (secondary N) is 2. The molecule has 0 fully saturated rings. The molecule has 0 saturated heterocycles. The zero-order chi connectivity index (χ0) is 25.4. The summed E-state index contributed by atoms with van der Waals surface area (Å²) >= 11 is 0. The summed E-state index contributed by atoms with van der Waals surface area (Å²) in [6.45, 7) is 8.40. The van der Waals surface area contributed by atoms with Gasteiger partial charge in [0.2, 0.25) is 0 Å². The van der Waals surface area contributed by atoms with Crippen LogP contribution in [0, 0.1) is 5.82 Å². The third kappa shape index (κ3) is 3.89. The minimum Gasteiger partial charge on any atom is -0.367 e. The van der Waals surface area contributed by atoms with Crippen molar-refractivity contribution in [2.45, 2.75) is 19.4 Å². The van der Waals surface area contributed by atoms with E-state index in [1.54, 1.807) is 30.9 Å². The van der Waals surface area contributed by atoms with Crippen LogP contribution in [0.2, 0.25) is 0 Å². The van der Waals surface area contributed by atoms with E-state index < -0.39 is 5.54 Å². The lowest BCUT2D eigenvalue weighted by atomic mass is 9.81. The Morgan fingerprint density at radius 2 is 1.94 bits per heavy atom. The van der Waals surface area contributed by atoms with E-state index in [0.717, 1.165) is 27.9 Å². The second-order valence-corrected chi connectivity index (χ2v) is 9.24. The molecule has 5 rings (SSSR count). The number of anilines is 1. The molecule has 0 aromatic carbocycles. The van der Waals surface area contributed by atoms with Gasteiger partial charge < -0.3 is 15.2 Å². The van der Waals surface area contributed by atoms with Crippen LogP contribution in [0.25, 0.3) is 27.9 Å². The highest BCUT2D eigenvalue weighted by atomic mass is 19.1. The number of rotatable bonds is 7. The fourth-order valence-corrected chi connectivity index (χ4v) is 4.63. The molecule has 0 amide bonds. The van der Waals surface area contributed by atoms with Crippen molar-refractivity contribution in [1.29, 1.82) is 0 Å². The summed E-state index contributed by atoms with van der Waals surface area (Å²) in [5.41, 5.74) is 5.54. The zero-order valence-corrected chi connectivity index (χ0v) is 20.8. The Labute approximate surface area is 209 Å². The molecule has 0 saturated carbocycles. The molecule has 4 aromatic rings. The summed E-state index contributed by atoms with van der Waals surface area (Å²) in [6, 6.07) is 5.66. The quantitative estimate of drug-likeness (QED) is 0.348. The molecule has 8 heteroatoms. The van der Waals surface area contributed by atoms with Gasteiger partial charge in [0.15, 0.2) is 5.82 Å². The van der Waals surface area contributed by atoms with Gasteiger partial charge in [0.25, 0.3) is 0 Å². The molecule has 1 aliphatic heterocycles. The lowest BCUT2D eigenvalue weighted by Gasteiger charge is -2.41. The first-order valence-corrected chi connectivity index (χ1v) is 11.7. The minimum absolute atomic E-state index is 0.303. The highest BCUT2D eigenvalue weighted by Gasteiger charge is 2.46. The van der Waals surface area contributed by atoms with Crippen LogP contribution in [0.5, 0.6) is 0 Å². The molecule has 0 bridgehead atoms. The van der Waals surface area contributed by atoms with Crippen LogP contribution in [-0.2, 0) is 5.54 Å².